The average Bonchev–Trinajstić information content (AvgIpc) is 3.11. The van der Waals surface area contributed by atoms with Crippen molar-refractivity contribution in [1.82, 2.24) is 0 Å². The Morgan fingerprint density at radius 1 is 1.15 bits per heavy atom. The molecule has 1 saturated heterocycles. The van der Waals surface area contributed by atoms with Gasteiger partial charge >= 0.3 is 5.97 Å². The minimum atomic E-state index is -0.940. The van der Waals surface area contributed by atoms with Gasteiger partial charge in [-0.15, -0.1) is 0 Å². The van der Waals surface area contributed by atoms with E-state index in [1.165, 1.54) is 21.3 Å². The Morgan fingerprint density at radius 3 is 2.59 bits per heavy atom. The maximum Gasteiger partial charge on any atom is 0.342 e. The van der Waals surface area contributed by atoms with Crippen molar-refractivity contribution in [3.63, 3.8) is 0 Å². The molecule has 1 N–H and O–H groups in total. The van der Waals surface area contributed by atoms with Crippen molar-refractivity contribution in [2.75, 3.05) is 28.1 Å². The number of carbonyl (C=O) groups is 1. The third-order valence-corrected chi connectivity index (χ3v) is 5.63. The van der Waals surface area contributed by atoms with Crippen molar-refractivity contribution < 1.29 is 43.1 Å². The molecule has 1 aromatic rings. The molecule has 3 rings (SSSR count). The van der Waals surface area contributed by atoms with Gasteiger partial charge in [0.05, 0.1) is 13.2 Å². The molecule has 0 bridgehead atoms. The van der Waals surface area contributed by atoms with Crippen LogP contribution in [-0.2, 0) is 23.7 Å². The van der Waals surface area contributed by atoms with Crippen LogP contribution in [0.25, 0.3) is 6.08 Å². The van der Waals surface area contributed by atoms with Gasteiger partial charge in [0.2, 0.25) is 0 Å². The fourth-order valence-corrected chi connectivity index (χ4v) is 4.03. The van der Waals surface area contributed by atoms with Gasteiger partial charge in [-0.1, -0.05) is 24.3 Å². The molecule has 1 fully saturated rings. The van der Waals surface area contributed by atoms with Gasteiger partial charge in [-0.25, -0.2) is 4.79 Å². The Kier molecular flexibility index (Phi) is 8.72. The molecule has 0 radical (unpaired) electrons. The number of benzene rings is 1. The Bertz CT molecular complexity index is 908. The highest BCUT2D eigenvalue weighted by atomic mass is 16.8. The first kappa shape index (κ1) is 26.2. The van der Waals surface area contributed by atoms with E-state index in [9.17, 15) is 9.90 Å². The summed E-state index contributed by atoms with van der Waals surface area (Å²) in [4.78, 5) is 13.3. The second-order valence-corrected chi connectivity index (χ2v) is 8.60. The number of ether oxygens (including phenoxy) is 7. The molecular formula is C25H34O9. The Labute approximate surface area is 200 Å². The number of fused-ring (bicyclic) bond motifs is 2. The summed E-state index contributed by atoms with van der Waals surface area (Å²) >= 11 is 0. The van der Waals surface area contributed by atoms with E-state index in [0.29, 0.717) is 17.7 Å². The zero-order chi connectivity index (χ0) is 24.9. The predicted molar refractivity (Wildman–Crippen MR) is 124 cm³/mol. The number of hydrogen-bond acceptors (Lipinski definition) is 9. The number of aliphatic hydroxyl groups excluding tert-OH is 1. The molecule has 9 nitrogen and oxygen atoms in total. The first-order chi connectivity index (χ1) is 16.2. The summed E-state index contributed by atoms with van der Waals surface area (Å²) in [6.45, 7) is 5.27. The van der Waals surface area contributed by atoms with E-state index in [1.54, 1.807) is 51.1 Å². The molecule has 2 aliphatic heterocycles. The molecule has 34 heavy (non-hydrogen) atoms. The van der Waals surface area contributed by atoms with Gasteiger partial charge in [0.25, 0.3) is 0 Å². The van der Waals surface area contributed by atoms with Crippen LogP contribution >= 0.6 is 0 Å². The normalized spacial score (nSPS) is 30.0. The largest absolute Gasteiger partial charge is 0.497 e. The summed E-state index contributed by atoms with van der Waals surface area (Å²) in [7, 11) is 4.53. The molecule has 0 aromatic heterocycles. The molecular weight excluding hydrogens is 444 g/mol. The summed E-state index contributed by atoms with van der Waals surface area (Å²) in [5.74, 6) is -0.664. The van der Waals surface area contributed by atoms with E-state index in [1.807, 2.05) is 6.08 Å². The summed E-state index contributed by atoms with van der Waals surface area (Å²) in [6.07, 6.45) is 4.12. The molecule has 1 aromatic carbocycles. The molecule has 2 aliphatic rings. The van der Waals surface area contributed by atoms with Gasteiger partial charge in [-0.2, -0.15) is 0 Å². The summed E-state index contributed by atoms with van der Waals surface area (Å²) in [6, 6.07) is 3.33. The third kappa shape index (κ3) is 6.17. The standard InChI is InChI=1S/C25H34O9/c1-15-19(30-6)11-10-18(26)23-20(33-25(2,3)34-23)9-7-8-16-12-17(29-5)13-21(31-14-28-4)22(16)24(27)32-15/h7-8,10-13,15,18-20,23,26H,9,14H2,1-6H3/b8-7?,11-10-/t15-,18?,19+,20-,23+/m0/s1. The van der Waals surface area contributed by atoms with Crippen LogP contribution in [0.5, 0.6) is 11.5 Å². The van der Waals surface area contributed by atoms with E-state index < -0.39 is 42.3 Å². The lowest BCUT2D eigenvalue weighted by Crippen LogP contribution is -2.35. The van der Waals surface area contributed by atoms with Crippen LogP contribution in [0.15, 0.2) is 30.4 Å². The quantitative estimate of drug-likeness (QED) is 0.389. The van der Waals surface area contributed by atoms with Gasteiger partial charge in [0, 0.05) is 20.3 Å². The molecule has 0 spiro atoms. The van der Waals surface area contributed by atoms with Gasteiger partial charge in [-0.05, 0) is 38.8 Å². The number of esters is 1. The Hall–Kier alpha value is -2.43. The van der Waals surface area contributed by atoms with Gasteiger partial charge < -0.3 is 38.3 Å². The average molecular weight is 479 g/mol. The maximum atomic E-state index is 13.3. The number of aliphatic hydroxyl groups is 1. The summed E-state index contributed by atoms with van der Waals surface area (Å²) in [5, 5.41) is 10.8. The zero-order valence-corrected chi connectivity index (χ0v) is 20.5. The molecule has 1 unspecified atom stereocenters. The van der Waals surface area contributed by atoms with Crippen LogP contribution in [0.1, 0.15) is 43.1 Å². The minimum Gasteiger partial charge on any atom is -0.497 e. The minimum absolute atomic E-state index is 0.0580. The molecule has 0 aliphatic carbocycles. The van der Waals surface area contributed by atoms with E-state index in [4.69, 9.17) is 33.2 Å². The van der Waals surface area contributed by atoms with E-state index >= 15 is 0 Å². The van der Waals surface area contributed by atoms with Crippen LogP contribution in [0.4, 0.5) is 0 Å². The topological polar surface area (TPSA) is 102 Å². The second-order valence-electron chi connectivity index (χ2n) is 8.60. The first-order valence-electron chi connectivity index (χ1n) is 11.1. The van der Waals surface area contributed by atoms with Crippen molar-refractivity contribution in [2.24, 2.45) is 0 Å². The third-order valence-electron chi connectivity index (χ3n) is 5.63. The highest BCUT2D eigenvalue weighted by Crippen LogP contribution is 2.34. The monoisotopic (exact) mass is 478 g/mol. The molecule has 0 saturated carbocycles. The van der Waals surface area contributed by atoms with Crippen molar-refractivity contribution in [2.45, 2.75) is 63.5 Å². The number of hydrogen-bond donors (Lipinski definition) is 1. The van der Waals surface area contributed by atoms with E-state index in [-0.39, 0.29) is 18.1 Å². The van der Waals surface area contributed by atoms with E-state index in [2.05, 4.69) is 0 Å². The lowest BCUT2D eigenvalue weighted by atomic mass is 10.0. The fraction of sp³-hybridized carbons (Fsp3) is 0.560. The second kappa shape index (κ2) is 11.3. The number of carbonyl (C=O) groups excluding carboxylic acids is 1. The number of cyclic esters (lactones) is 1. The van der Waals surface area contributed by atoms with Crippen LogP contribution in [-0.4, -0.2) is 75.5 Å². The summed E-state index contributed by atoms with van der Waals surface area (Å²) < 4.78 is 39.3. The first-order valence-corrected chi connectivity index (χ1v) is 11.1. The van der Waals surface area contributed by atoms with E-state index in [0.717, 1.165) is 0 Å². The number of rotatable bonds is 5. The lowest BCUT2D eigenvalue weighted by Gasteiger charge is -2.24. The molecule has 2 heterocycles. The highest BCUT2D eigenvalue weighted by molar-refractivity contribution is 5.97. The zero-order valence-electron chi connectivity index (χ0n) is 20.5. The van der Waals surface area contributed by atoms with Crippen LogP contribution in [0.3, 0.4) is 0 Å². The van der Waals surface area contributed by atoms with Crippen LogP contribution in [0, 0.1) is 0 Å². The summed E-state index contributed by atoms with van der Waals surface area (Å²) in [5.41, 5.74) is 0.775. The lowest BCUT2D eigenvalue weighted by molar-refractivity contribution is -0.152. The number of methoxy groups -OCH3 is 3. The SMILES string of the molecule is COCOc1cc(OC)cc2c1C(=O)O[C@@H](C)[C@H](OC)/C=C\C(O)[C@H]1OC(C)(C)O[C@H]1CC=C2. The van der Waals surface area contributed by atoms with Gasteiger partial charge in [0.1, 0.15) is 41.5 Å². The van der Waals surface area contributed by atoms with Crippen molar-refractivity contribution in [1.29, 1.82) is 0 Å². The molecule has 9 heteroatoms. The van der Waals surface area contributed by atoms with Crippen molar-refractivity contribution in [3.05, 3.63) is 41.5 Å². The van der Waals surface area contributed by atoms with Crippen LogP contribution < -0.4 is 9.47 Å². The smallest absolute Gasteiger partial charge is 0.342 e. The Balaban J connectivity index is 2.08. The van der Waals surface area contributed by atoms with Crippen molar-refractivity contribution >= 4 is 12.0 Å². The van der Waals surface area contributed by atoms with Gasteiger partial charge in [-0.3, -0.25) is 0 Å². The Morgan fingerprint density at radius 2 is 1.91 bits per heavy atom. The maximum absolute atomic E-state index is 13.3. The molecule has 188 valence electrons. The fourth-order valence-electron chi connectivity index (χ4n) is 4.03. The molecule has 5 atom stereocenters. The molecule has 0 amide bonds. The predicted octanol–water partition coefficient (Wildman–Crippen LogP) is 3.09. The van der Waals surface area contributed by atoms with Gasteiger partial charge in [0.15, 0.2) is 12.6 Å². The van der Waals surface area contributed by atoms with Crippen LogP contribution in [0.2, 0.25) is 0 Å². The van der Waals surface area contributed by atoms with Crippen molar-refractivity contribution in [3.8, 4) is 11.5 Å². The highest BCUT2D eigenvalue weighted by Gasteiger charge is 2.43.